The summed E-state index contributed by atoms with van der Waals surface area (Å²) >= 11 is 1.21. The van der Waals surface area contributed by atoms with E-state index in [0.717, 1.165) is 16.6 Å². The zero-order valence-electron chi connectivity index (χ0n) is 15.7. The smallest absolute Gasteiger partial charge is 0.400 e. The molecular formula is C19H24BNO3S. The summed E-state index contributed by atoms with van der Waals surface area (Å²) in [5, 5.41) is 9.44. The molecule has 4 nitrogen and oxygen atoms in total. The molecule has 1 heterocycles. The van der Waals surface area contributed by atoms with Gasteiger partial charge in [0.05, 0.1) is 22.8 Å². The molecule has 1 aromatic carbocycles. The molecular weight excluding hydrogens is 333 g/mol. The lowest BCUT2D eigenvalue weighted by Crippen LogP contribution is -2.41. The van der Waals surface area contributed by atoms with E-state index in [-0.39, 0.29) is 5.12 Å². The average molecular weight is 357 g/mol. The minimum atomic E-state index is -0.537. The maximum Gasteiger partial charge on any atom is 0.491 e. The number of nitrogens with zero attached hydrogens (tertiary/aromatic N) is 1. The molecule has 0 aromatic heterocycles. The van der Waals surface area contributed by atoms with Crippen LogP contribution in [-0.4, -0.2) is 29.2 Å². The van der Waals surface area contributed by atoms with Gasteiger partial charge in [-0.05, 0) is 57.3 Å². The summed E-state index contributed by atoms with van der Waals surface area (Å²) in [6.07, 6.45) is 1.91. The van der Waals surface area contributed by atoms with Crippen LogP contribution >= 0.6 is 11.8 Å². The van der Waals surface area contributed by atoms with Crippen LogP contribution in [-0.2, 0) is 14.1 Å². The van der Waals surface area contributed by atoms with E-state index in [1.165, 1.54) is 11.8 Å². The van der Waals surface area contributed by atoms with E-state index in [1.54, 1.807) is 6.92 Å². The number of benzene rings is 1. The third-order valence-electron chi connectivity index (χ3n) is 4.67. The first-order valence-electron chi connectivity index (χ1n) is 8.26. The van der Waals surface area contributed by atoms with Crippen molar-refractivity contribution in [2.24, 2.45) is 0 Å². The lowest BCUT2D eigenvalue weighted by atomic mass is 9.78. The Labute approximate surface area is 154 Å². The van der Waals surface area contributed by atoms with E-state index < -0.39 is 18.3 Å². The Morgan fingerprint density at radius 3 is 2.40 bits per heavy atom. The van der Waals surface area contributed by atoms with Crippen LogP contribution in [0.1, 0.15) is 51.3 Å². The molecule has 0 amide bonds. The standard InChI is InChI=1S/C19H24BNO3S/c1-13-7-8-15(16(9-13)11-21)10-17(12-25-14(2)22)20-23-18(3,4)19(5,6)24-20/h7-10H,12H2,1-6H3. The van der Waals surface area contributed by atoms with Gasteiger partial charge in [-0.2, -0.15) is 5.26 Å². The zero-order chi connectivity index (χ0) is 18.8. The Balaban J connectivity index is 2.41. The molecule has 0 N–H and O–H groups in total. The van der Waals surface area contributed by atoms with Crippen LogP contribution in [0.5, 0.6) is 0 Å². The monoisotopic (exact) mass is 357 g/mol. The Morgan fingerprint density at radius 2 is 1.88 bits per heavy atom. The zero-order valence-corrected chi connectivity index (χ0v) is 16.5. The molecule has 1 fully saturated rings. The molecule has 1 aliphatic heterocycles. The number of carbonyl (C=O) groups excluding carboxylic acids is 1. The first-order chi connectivity index (χ1) is 11.6. The Bertz CT molecular complexity index is 734. The molecule has 0 radical (unpaired) electrons. The molecule has 0 spiro atoms. The second-order valence-electron chi connectivity index (χ2n) is 7.29. The summed E-state index contributed by atoms with van der Waals surface area (Å²) in [7, 11) is -0.537. The van der Waals surface area contributed by atoms with Gasteiger partial charge >= 0.3 is 7.12 Å². The molecule has 1 aromatic rings. The molecule has 0 saturated carbocycles. The highest BCUT2D eigenvalue weighted by atomic mass is 32.2. The first-order valence-corrected chi connectivity index (χ1v) is 9.24. The molecule has 0 bridgehead atoms. The van der Waals surface area contributed by atoms with Gasteiger partial charge in [0.2, 0.25) is 0 Å². The van der Waals surface area contributed by atoms with Crippen LogP contribution in [0.2, 0.25) is 0 Å². The Kier molecular flexibility index (Phi) is 5.83. The number of carbonyl (C=O) groups is 1. The third kappa shape index (κ3) is 4.55. The van der Waals surface area contributed by atoms with Crippen molar-refractivity contribution in [3.05, 3.63) is 40.4 Å². The van der Waals surface area contributed by atoms with Gasteiger partial charge in [0.25, 0.3) is 0 Å². The minimum Gasteiger partial charge on any atom is -0.400 e. The second kappa shape index (κ2) is 7.37. The quantitative estimate of drug-likeness (QED) is 0.758. The van der Waals surface area contributed by atoms with Gasteiger partial charge in [-0.3, -0.25) is 4.79 Å². The average Bonchev–Trinajstić information content (AvgIpc) is 2.72. The molecule has 1 aliphatic rings. The molecule has 0 aliphatic carbocycles. The highest BCUT2D eigenvalue weighted by Crippen LogP contribution is 2.39. The first kappa shape index (κ1) is 19.8. The van der Waals surface area contributed by atoms with Gasteiger partial charge < -0.3 is 9.31 Å². The van der Waals surface area contributed by atoms with Crippen LogP contribution in [0.4, 0.5) is 0 Å². The largest absolute Gasteiger partial charge is 0.491 e. The van der Waals surface area contributed by atoms with E-state index in [4.69, 9.17) is 9.31 Å². The van der Waals surface area contributed by atoms with Crippen LogP contribution in [0.15, 0.2) is 23.7 Å². The van der Waals surface area contributed by atoms with Gasteiger partial charge in [0.15, 0.2) is 5.12 Å². The summed E-state index contributed by atoms with van der Waals surface area (Å²) in [6.45, 7) is 11.5. The summed E-state index contributed by atoms with van der Waals surface area (Å²) < 4.78 is 12.3. The number of hydrogen-bond donors (Lipinski definition) is 0. The van der Waals surface area contributed by atoms with Crippen molar-refractivity contribution in [3.63, 3.8) is 0 Å². The minimum absolute atomic E-state index is 0.0341. The lowest BCUT2D eigenvalue weighted by molar-refractivity contribution is -0.109. The van der Waals surface area contributed by atoms with E-state index in [2.05, 4.69) is 6.07 Å². The van der Waals surface area contributed by atoms with Crippen LogP contribution in [0.3, 0.4) is 0 Å². The predicted octanol–water partition coefficient (Wildman–Crippen LogP) is 4.16. The van der Waals surface area contributed by atoms with Crippen molar-refractivity contribution in [3.8, 4) is 6.07 Å². The molecule has 0 atom stereocenters. The third-order valence-corrected chi connectivity index (χ3v) is 5.55. The SMILES string of the molecule is CC(=O)SCC(=Cc1ccc(C)cc1C#N)B1OC(C)(C)C(C)(C)O1. The highest BCUT2D eigenvalue weighted by molar-refractivity contribution is 8.13. The van der Waals surface area contributed by atoms with Crippen molar-refractivity contribution in [2.75, 3.05) is 5.75 Å². The normalized spacial score (nSPS) is 18.9. The number of thioether (sulfide) groups is 1. The molecule has 25 heavy (non-hydrogen) atoms. The van der Waals surface area contributed by atoms with Gasteiger partial charge in [0.1, 0.15) is 0 Å². The maximum atomic E-state index is 11.4. The van der Waals surface area contributed by atoms with Gasteiger partial charge in [-0.1, -0.05) is 30.0 Å². The van der Waals surface area contributed by atoms with Crippen molar-refractivity contribution < 1.29 is 14.1 Å². The summed E-state index contributed by atoms with van der Waals surface area (Å²) in [5.74, 6) is 0.463. The fourth-order valence-electron chi connectivity index (χ4n) is 2.45. The van der Waals surface area contributed by atoms with E-state index in [9.17, 15) is 10.1 Å². The van der Waals surface area contributed by atoms with Crippen LogP contribution in [0, 0.1) is 18.3 Å². The molecule has 0 unspecified atom stereocenters. The summed E-state index contributed by atoms with van der Waals surface area (Å²) in [4.78, 5) is 11.4. The van der Waals surface area contributed by atoms with Crippen molar-refractivity contribution in [2.45, 2.75) is 52.7 Å². The van der Waals surface area contributed by atoms with Crippen LogP contribution < -0.4 is 0 Å². The van der Waals surface area contributed by atoms with Gasteiger partial charge in [-0.15, -0.1) is 0 Å². The molecule has 1 saturated heterocycles. The van der Waals surface area contributed by atoms with E-state index in [0.29, 0.717) is 11.3 Å². The fourth-order valence-corrected chi connectivity index (χ4v) is 3.04. The van der Waals surface area contributed by atoms with Crippen molar-refractivity contribution in [1.82, 2.24) is 0 Å². The number of aryl methyl sites for hydroxylation is 1. The topological polar surface area (TPSA) is 59.3 Å². The van der Waals surface area contributed by atoms with E-state index in [1.807, 2.05) is 58.9 Å². The Hall–Kier alpha value is -1.55. The number of rotatable bonds is 4. The van der Waals surface area contributed by atoms with Gasteiger partial charge in [-0.25, -0.2) is 0 Å². The van der Waals surface area contributed by atoms with Crippen molar-refractivity contribution in [1.29, 1.82) is 5.26 Å². The lowest BCUT2D eigenvalue weighted by Gasteiger charge is -2.32. The predicted molar refractivity (Wildman–Crippen MR) is 103 cm³/mol. The molecule has 132 valence electrons. The Morgan fingerprint density at radius 1 is 1.28 bits per heavy atom. The second-order valence-corrected chi connectivity index (χ2v) is 8.44. The fraction of sp³-hybridized carbons (Fsp3) is 0.474. The van der Waals surface area contributed by atoms with Crippen molar-refractivity contribution >= 4 is 30.1 Å². The summed E-state index contributed by atoms with van der Waals surface area (Å²) in [6, 6.07) is 7.96. The van der Waals surface area contributed by atoms with Gasteiger partial charge in [0, 0.05) is 12.7 Å². The molecule has 2 rings (SSSR count). The van der Waals surface area contributed by atoms with Crippen LogP contribution in [0.25, 0.3) is 6.08 Å². The summed E-state index contributed by atoms with van der Waals surface area (Å²) in [5.41, 5.74) is 2.37. The highest BCUT2D eigenvalue weighted by Gasteiger charge is 2.52. The number of nitriles is 1. The molecule has 6 heteroatoms. The maximum absolute atomic E-state index is 11.4. The van der Waals surface area contributed by atoms with E-state index >= 15 is 0 Å². The number of hydrogen-bond acceptors (Lipinski definition) is 5.